The number of methoxy groups -OCH3 is 1. The summed E-state index contributed by atoms with van der Waals surface area (Å²) in [6.45, 7) is 7.23. The van der Waals surface area contributed by atoms with E-state index in [1.54, 1.807) is 7.11 Å². The minimum atomic E-state index is 0.409. The highest BCUT2D eigenvalue weighted by Gasteiger charge is 2.32. The summed E-state index contributed by atoms with van der Waals surface area (Å²) in [7, 11) is 1.76. The molecular weight excluding hydrogens is 178 g/mol. The lowest BCUT2D eigenvalue weighted by atomic mass is 9.89. The third-order valence-corrected chi connectivity index (χ3v) is 2.65. The van der Waals surface area contributed by atoms with Crippen LogP contribution in [0.1, 0.15) is 26.2 Å². The molecule has 0 aromatic carbocycles. The molecule has 0 aromatic heterocycles. The first-order valence-electron chi connectivity index (χ1n) is 5.54. The smallest absolute Gasteiger partial charge is 0.0554 e. The molecule has 3 nitrogen and oxygen atoms in total. The average Bonchev–Trinajstić information content (AvgIpc) is 2.14. The minimum Gasteiger partial charge on any atom is -0.385 e. The summed E-state index contributed by atoms with van der Waals surface area (Å²) in [6.07, 6.45) is 3.69. The molecule has 0 amide bonds. The summed E-state index contributed by atoms with van der Waals surface area (Å²) in [5.74, 6) is 0. The molecule has 0 bridgehead atoms. The molecule has 0 radical (unpaired) electrons. The topological polar surface area (TPSA) is 30.5 Å². The Balaban J connectivity index is 1.80. The largest absolute Gasteiger partial charge is 0.385 e. The van der Waals surface area contributed by atoms with Crippen LogP contribution in [0, 0.1) is 5.41 Å². The lowest BCUT2D eigenvalue weighted by Crippen LogP contribution is -2.47. The van der Waals surface area contributed by atoms with E-state index >= 15 is 0 Å². The maximum Gasteiger partial charge on any atom is 0.0554 e. The lowest BCUT2D eigenvalue weighted by molar-refractivity contribution is -0.0989. The number of rotatable bonds is 8. The van der Waals surface area contributed by atoms with Crippen LogP contribution in [0.4, 0.5) is 0 Å². The molecular formula is C11H23NO2. The second kappa shape index (κ2) is 6.38. The minimum absolute atomic E-state index is 0.409. The van der Waals surface area contributed by atoms with Gasteiger partial charge in [-0.05, 0) is 25.8 Å². The molecule has 1 heterocycles. The predicted octanol–water partition coefficient (Wildman–Crippen LogP) is 1.43. The van der Waals surface area contributed by atoms with Gasteiger partial charge in [0.1, 0.15) is 0 Å². The fraction of sp³-hybridized carbons (Fsp3) is 1.00. The SMILES string of the molecule is COCCCCCNCC1(C)COC1. The van der Waals surface area contributed by atoms with Gasteiger partial charge in [-0.2, -0.15) is 0 Å². The van der Waals surface area contributed by atoms with E-state index in [1.807, 2.05) is 0 Å². The standard InChI is InChI=1S/C11H23NO2/c1-11(9-14-10-11)8-12-6-4-3-5-7-13-2/h12H,3-10H2,1-2H3. The third-order valence-electron chi connectivity index (χ3n) is 2.65. The summed E-state index contributed by atoms with van der Waals surface area (Å²) >= 11 is 0. The van der Waals surface area contributed by atoms with Crippen molar-refractivity contribution < 1.29 is 9.47 Å². The molecule has 0 saturated carbocycles. The normalized spacial score (nSPS) is 19.3. The molecule has 1 N–H and O–H groups in total. The molecule has 0 aromatic rings. The Bertz CT molecular complexity index is 146. The van der Waals surface area contributed by atoms with Crippen LogP contribution < -0.4 is 5.32 Å². The Morgan fingerprint density at radius 3 is 2.64 bits per heavy atom. The number of unbranched alkanes of at least 4 members (excludes halogenated alkanes) is 2. The van der Waals surface area contributed by atoms with Crippen molar-refractivity contribution in [3.63, 3.8) is 0 Å². The predicted molar refractivity (Wildman–Crippen MR) is 57.5 cm³/mol. The summed E-state index contributed by atoms with van der Waals surface area (Å²) in [5, 5.41) is 3.48. The van der Waals surface area contributed by atoms with Crippen LogP contribution in [0.5, 0.6) is 0 Å². The molecule has 0 unspecified atom stereocenters. The Kier molecular flexibility index (Phi) is 5.45. The Hall–Kier alpha value is -0.120. The van der Waals surface area contributed by atoms with E-state index < -0.39 is 0 Å². The van der Waals surface area contributed by atoms with Gasteiger partial charge >= 0.3 is 0 Å². The third kappa shape index (κ3) is 4.40. The van der Waals surface area contributed by atoms with Crippen molar-refractivity contribution in [1.29, 1.82) is 0 Å². The Labute approximate surface area is 87.2 Å². The molecule has 0 atom stereocenters. The fourth-order valence-corrected chi connectivity index (χ4v) is 1.62. The van der Waals surface area contributed by atoms with Crippen LogP contribution in [-0.4, -0.2) is 40.0 Å². The van der Waals surface area contributed by atoms with Gasteiger partial charge in [0, 0.05) is 25.7 Å². The van der Waals surface area contributed by atoms with Gasteiger partial charge in [-0.25, -0.2) is 0 Å². The lowest BCUT2D eigenvalue weighted by Gasteiger charge is -2.38. The number of hydrogen-bond donors (Lipinski definition) is 1. The number of nitrogens with one attached hydrogen (secondary N) is 1. The van der Waals surface area contributed by atoms with Crippen LogP contribution in [0.2, 0.25) is 0 Å². The van der Waals surface area contributed by atoms with E-state index in [0.717, 1.165) is 32.9 Å². The molecule has 84 valence electrons. The zero-order chi connectivity index (χ0) is 10.3. The monoisotopic (exact) mass is 201 g/mol. The van der Waals surface area contributed by atoms with E-state index in [4.69, 9.17) is 9.47 Å². The molecule has 1 fully saturated rings. The number of hydrogen-bond acceptors (Lipinski definition) is 3. The quantitative estimate of drug-likeness (QED) is 0.603. The highest BCUT2D eigenvalue weighted by atomic mass is 16.5. The van der Waals surface area contributed by atoms with E-state index in [0.29, 0.717) is 5.41 Å². The highest BCUT2D eigenvalue weighted by molar-refractivity contribution is 4.82. The first-order valence-corrected chi connectivity index (χ1v) is 5.54. The zero-order valence-corrected chi connectivity index (χ0v) is 9.47. The van der Waals surface area contributed by atoms with Gasteiger partial charge in [-0.3, -0.25) is 0 Å². The maximum atomic E-state index is 5.19. The van der Waals surface area contributed by atoms with E-state index in [1.165, 1.54) is 19.3 Å². The molecule has 3 heteroatoms. The second-order valence-electron chi connectivity index (χ2n) is 4.53. The van der Waals surface area contributed by atoms with Gasteiger partial charge in [0.25, 0.3) is 0 Å². The summed E-state index contributed by atoms with van der Waals surface area (Å²) in [5.41, 5.74) is 0.409. The van der Waals surface area contributed by atoms with Gasteiger partial charge < -0.3 is 14.8 Å². The number of ether oxygens (including phenoxy) is 2. The highest BCUT2D eigenvalue weighted by Crippen LogP contribution is 2.24. The van der Waals surface area contributed by atoms with Crippen LogP contribution in [-0.2, 0) is 9.47 Å². The Morgan fingerprint density at radius 1 is 1.29 bits per heavy atom. The van der Waals surface area contributed by atoms with Crippen LogP contribution in [0.3, 0.4) is 0 Å². The van der Waals surface area contributed by atoms with Crippen molar-refractivity contribution in [2.24, 2.45) is 5.41 Å². The van der Waals surface area contributed by atoms with Crippen LogP contribution >= 0.6 is 0 Å². The van der Waals surface area contributed by atoms with Gasteiger partial charge in [0.05, 0.1) is 13.2 Å². The van der Waals surface area contributed by atoms with E-state index in [9.17, 15) is 0 Å². The van der Waals surface area contributed by atoms with Crippen molar-refractivity contribution in [1.82, 2.24) is 5.32 Å². The Morgan fingerprint density at radius 2 is 2.07 bits per heavy atom. The van der Waals surface area contributed by atoms with Crippen LogP contribution in [0.25, 0.3) is 0 Å². The maximum absolute atomic E-state index is 5.19. The first-order chi connectivity index (χ1) is 6.77. The fourth-order valence-electron chi connectivity index (χ4n) is 1.62. The van der Waals surface area contributed by atoms with Crippen LogP contribution in [0.15, 0.2) is 0 Å². The molecule has 14 heavy (non-hydrogen) atoms. The van der Waals surface area contributed by atoms with Gasteiger partial charge in [0.2, 0.25) is 0 Å². The molecule has 0 spiro atoms. The first kappa shape index (κ1) is 12.0. The molecule has 1 aliphatic rings. The zero-order valence-electron chi connectivity index (χ0n) is 9.47. The van der Waals surface area contributed by atoms with Gasteiger partial charge in [-0.1, -0.05) is 6.92 Å². The summed E-state index contributed by atoms with van der Waals surface area (Å²) in [6, 6.07) is 0. The molecule has 1 rings (SSSR count). The molecule has 1 saturated heterocycles. The van der Waals surface area contributed by atoms with Crippen molar-refractivity contribution in [2.45, 2.75) is 26.2 Å². The molecule has 1 aliphatic heterocycles. The van der Waals surface area contributed by atoms with Crippen molar-refractivity contribution in [3.8, 4) is 0 Å². The van der Waals surface area contributed by atoms with E-state index in [2.05, 4.69) is 12.2 Å². The van der Waals surface area contributed by atoms with Crippen molar-refractivity contribution in [3.05, 3.63) is 0 Å². The van der Waals surface area contributed by atoms with Gasteiger partial charge in [0.15, 0.2) is 0 Å². The second-order valence-corrected chi connectivity index (χ2v) is 4.53. The average molecular weight is 201 g/mol. The summed E-state index contributed by atoms with van der Waals surface area (Å²) in [4.78, 5) is 0. The van der Waals surface area contributed by atoms with Crippen molar-refractivity contribution >= 4 is 0 Å². The summed E-state index contributed by atoms with van der Waals surface area (Å²) < 4.78 is 10.2. The van der Waals surface area contributed by atoms with E-state index in [-0.39, 0.29) is 0 Å². The molecule has 0 aliphatic carbocycles. The van der Waals surface area contributed by atoms with Gasteiger partial charge in [-0.15, -0.1) is 0 Å². The van der Waals surface area contributed by atoms with Crippen molar-refractivity contribution in [2.75, 3.05) is 40.0 Å².